The Labute approximate surface area is 187 Å². The van der Waals surface area contributed by atoms with Crippen LogP contribution in [0.5, 0.6) is 0 Å². The summed E-state index contributed by atoms with van der Waals surface area (Å²) in [6, 6.07) is 8.07. The Hall–Kier alpha value is -3.17. The molecule has 1 saturated heterocycles. The minimum Gasteiger partial charge on any atom is -0.383 e. The average molecular weight is 455 g/mol. The monoisotopic (exact) mass is 455 g/mol. The molecule has 1 aromatic heterocycles. The van der Waals surface area contributed by atoms with Crippen LogP contribution in [-0.2, 0) is 35.3 Å². The molecular weight excluding hydrogens is 435 g/mol. The minimum atomic E-state index is -4.41. The van der Waals surface area contributed by atoms with E-state index < -0.39 is 17.8 Å². The molecule has 3 aliphatic rings. The summed E-state index contributed by atoms with van der Waals surface area (Å²) in [5, 5.41) is 0.849. The first-order chi connectivity index (χ1) is 15.8. The number of rotatable bonds is 1. The number of fused-ring (bicyclic) bond motifs is 5. The number of nitrogens with zero attached hydrogens (tertiary/aromatic N) is 2. The van der Waals surface area contributed by atoms with Gasteiger partial charge in [-0.2, -0.15) is 13.2 Å². The molecular formula is C24H20F3N3O3. The van der Waals surface area contributed by atoms with E-state index in [0.29, 0.717) is 43.2 Å². The summed E-state index contributed by atoms with van der Waals surface area (Å²) in [7, 11) is 0. The molecule has 3 aliphatic heterocycles. The number of amides is 1. The van der Waals surface area contributed by atoms with E-state index in [-0.39, 0.29) is 18.6 Å². The van der Waals surface area contributed by atoms with E-state index >= 15 is 0 Å². The minimum absolute atomic E-state index is 0.152. The second kappa shape index (κ2) is 7.16. The number of benzene rings is 2. The largest absolute Gasteiger partial charge is 0.416 e. The standard InChI is InChI=1S/C24H20F3N3O3/c25-24(26,27)14-3-1-12(2-4-14)21-11-32-8-15-5-13-6-20-17(7-16(13)23(31)30(15)21)18-9-33-10-19(18)22(28)29-20/h1-4,6-7,15,21H,5,8-11H2,(H2,28,29)/t15-,21-/m1/s1. The highest BCUT2D eigenvalue weighted by atomic mass is 19.4. The van der Waals surface area contributed by atoms with E-state index in [1.165, 1.54) is 12.1 Å². The second-order valence-corrected chi connectivity index (χ2v) is 8.72. The third-order valence-electron chi connectivity index (χ3n) is 6.81. The van der Waals surface area contributed by atoms with Crippen molar-refractivity contribution in [3.8, 4) is 0 Å². The summed E-state index contributed by atoms with van der Waals surface area (Å²) in [6.07, 6.45) is -3.84. The molecule has 0 bridgehead atoms. The maximum atomic E-state index is 13.7. The SMILES string of the molecule is Nc1nc2cc3c(cc2c2c1COC2)C(=O)N1[C@@H](COC[C@@H]1c1ccc(C(F)(F)F)cc1)C3. The third kappa shape index (κ3) is 3.18. The zero-order valence-corrected chi connectivity index (χ0v) is 17.5. The lowest BCUT2D eigenvalue weighted by Crippen LogP contribution is -2.54. The van der Waals surface area contributed by atoms with Gasteiger partial charge in [0.2, 0.25) is 0 Å². The predicted octanol–water partition coefficient (Wildman–Crippen LogP) is 4.00. The van der Waals surface area contributed by atoms with Crippen LogP contribution in [0.4, 0.5) is 19.0 Å². The fourth-order valence-corrected chi connectivity index (χ4v) is 5.17. The highest BCUT2D eigenvalue weighted by Crippen LogP contribution is 2.39. The summed E-state index contributed by atoms with van der Waals surface area (Å²) < 4.78 is 50.3. The molecule has 2 N–H and O–H groups in total. The molecule has 0 aliphatic carbocycles. The number of anilines is 1. The molecule has 2 aromatic carbocycles. The number of halogens is 3. The number of alkyl halides is 3. The van der Waals surface area contributed by atoms with Crippen LogP contribution in [-0.4, -0.2) is 35.0 Å². The van der Waals surface area contributed by atoms with Crippen molar-refractivity contribution in [1.82, 2.24) is 9.88 Å². The van der Waals surface area contributed by atoms with Crippen molar-refractivity contribution in [2.75, 3.05) is 18.9 Å². The fraction of sp³-hybridized carbons (Fsp3) is 0.333. The fourth-order valence-electron chi connectivity index (χ4n) is 5.17. The van der Waals surface area contributed by atoms with Gasteiger partial charge in [0.05, 0.1) is 49.6 Å². The van der Waals surface area contributed by atoms with Crippen LogP contribution >= 0.6 is 0 Å². The van der Waals surface area contributed by atoms with Gasteiger partial charge in [0.1, 0.15) is 5.82 Å². The van der Waals surface area contributed by atoms with E-state index in [1.54, 1.807) is 4.90 Å². The number of hydrogen-bond donors (Lipinski definition) is 1. The van der Waals surface area contributed by atoms with E-state index in [0.717, 1.165) is 39.7 Å². The number of morpholine rings is 1. The molecule has 33 heavy (non-hydrogen) atoms. The van der Waals surface area contributed by atoms with Crippen LogP contribution < -0.4 is 5.73 Å². The first-order valence-corrected chi connectivity index (χ1v) is 10.7. The molecule has 3 aromatic rings. The molecule has 4 heterocycles. The molecule has 1 fully saturated rings. The summed E-state index contributed by atoms with van der Waals surface area (Å²) in [5.74, 6) is 0.294. The van der Waals surface area contributed by atoms with E-state index in [2.05, 4.69) is 4.98 Å². The smallest absolute Gasteiger partial charge is 0.383 e. The van der Waals surface area contributed by atoms with Gasteiger partial charge in [-0.15, -0.1) is 0 Å². The maximum Gasteiger partial charge on any atom is 0.416 e. The average Bonchev–Trinajstić information content (AvgIpc) is 3.29. The maximum absolute atomic E-state index is 13.7. The highest BCUT2D eigenvalue weighted by Gasteiger charge is 2.41. The van der Waals surface area contributed by atoms with E-state index in [9.17, 15) is 18.0 Å². The van der Waals surface area contributed by atoms with Crippen LogP contribution in [0.1, 0.15) is 44.2 Å². The first-order valence-electron chi connectivity index (χ1n) is 10.7. The Morgan fingerprint density at radius 3 is 2.55 bits per heavy atom. The van der Waals surface area contributed by atoms with Crippen molar-refractivity contribution >= 4 is 22.6 Å². The Morgan fingerprint density at radius 2 is 1.79 bits per heavy atom. The summed E-state index contributed by atoms with van der Waals surface area (Å²) >= 11 is 0. The van der Waals surface area contributed by atoms with Crippen molar-refractivity contribution in [1.29, 1.82) is 0 Å². The number of nitrogen functional groups attached to an aromatic ring is 1. The van der Waals surface area contributed by atoms with Gasteiger partial charge >= 0.3 is 6.18 Å². The number of aromatic nitrogens is 1. The molecule has 6 rings (SSSR count). The summed E-state index contributed by atoms with van der Waals surface area (Å²) in [4.78, 5) is 20.0. The molecule has 170 valence electrons. The number of ether oxygens (including phenoxy) is 2. The van der Waals surface area contributed by atoms with Gasteiger partial charge in [0.25, 0.3) is 5.91 Å². The van der Waals surface area contributed by atoms with Crippen molar-refractivity contribution < 1.29 is 27.4 Å². The Balaban J connectivity index is 1.41. The zero-order valence-electron chi connectivity index (χ0n) is 17.5. The van der Waals surface area contributed by atoms with Crippen LogP contribution in [0, 0.1) is 0 Å². The van der Waals surface area contributed by atoms with Gasteiger partial charge in [-0.25, -0.2) is 4.98 Å². The van der Waals surface area contributed by atoms with Gasteiger partial charge in [-0.05, 0) is 47.4 Å². The molecule has 1 amide bonds. The summed E-state index contributed by atoms with van der Waals surface area (Å²) in [5.41, 5.74) is 10.0. The van der Waals surface area contributed by atoms with E-state index in [1.807, 2.05) is 12.1 Å². The lowest BCUT2D eigenvalue weighted by Gasteiger charge is -2.45. The van der Waals surface area contributed by atoms with Gasteiger partial charge in [-0.1, -0.05) is 12.1 Å². The molecule has 0 radical (unpaired) electrons. The number of nitrogens with two attached hydrogens (primary N) is 1. The van der Waals surface area contributed by atoms with Gasteiger partial charge in [0, 0.05) is 16.5 Å². The van der Waals surface area contributed by atoms with Crippen LogP contribution in [0.25, 0.3) is 10.9 Å². The number of carbonyl (C=O) groups excluding carboxylic acids is 1. The third-order valence-corrected chi connectivity index (χ3v) is 6.81. The van der Waals surface area contributed by atoms with Crippen molar-refractivity contribution in [2.24, 2.45) is 0 Å². The van der Waals surface area contributed by atoms with Gasteiger partial charge < -0.3 is 20.1 Å². The Morgan fingerprint density at radius 1 is 1.03 bits per heavy atom. The van der Waals surface area contributed by atoms with Crippen LogP contribution in [0.3, 0.4) is 0 Å². The van der Waals surface area contributed by atoms with Crippen LogP contribution in [0.2, 0.25) is 0 Å². The first kappa shape index (κ1) is 20.4. The normalized spacial score (nSPS) is 22.3. The number of hydrogen-bond acceptors (Lipinski definition) is 5. The lowest BCUT2D eigenvalue weighted by molar-refractivity contribution is -0.137. The molecule has 0 unspecified atom stereocenters. The van der Waals surface area contributed by atoms with Gasteiger partial charge in [0.15, 0.2) is 0 Å². The van der Waals surface area contributed by atoms with Crippen molar-refractivity contribution in [3.05, 3.63) is 69.8 Å². The molecule has 2 atom stereocenters. The topological polar surface area (TPSA) is 77.7 Å². The molecule has 0 spiro atoms. The summed E-state index contributed by atoms with van der Waals surface area (Å²) in [6.45, 7) is 1.42. The van der Waals surface area contributed by atoms with Crippen molar-refractivity contribution in [3.63, 3.8) is 0 Å². The lowest BCUT2D eigenvalue weighted by atomic mass is 9.87. The number of carbonyl (C=O) groups is 1. The highest BCUT2D eigenvalue weighted by molar-refractivity contribution is 6.02. The Bertz CT molecular complexity index is 1290. The second-order valence-electron chi connectivity index (χ2n) is 8.72. The number of pyridine rings is 1. The molecule has 9 heteroatoms. The predicted molar refractivity (Wildman–Crippen MR) is 113 cm³/mol. The van der Waals surface area contributed by atoms with E-state index in [4.69, 9.17) is 15.2 Å². The zero-order chi connectivity index (χ0) is 22.9. The van der Waals surface area contributed by atoms with Gasteiger partial charge in [-0.3, -0.25) is 4.79 Å². The van der Waals surface area contributed by atoms with Crippen molar-refractivity contribution in [2.45, 2.75) is 37.9 Å². The van der Waals surface area contributed by atoms with Crippen LogP contribution in [0.15, 0.2) is 36.4 Å². The molecule has 0 saturated carbocycles. The molecule has 6 nitrogen and oxygen atoms in total. The quantitative estimate of drug-likeness (QED) is 0.600. The Kier molecular flexibility index (Phi) is 4.44.